The van der Waals surface area contributed by atoms with Crippen molar-refractivity contribution < 1.29 is 27.8 Å². The average Bonchev–Trinajstić information content (AvgIpc) is 2.87. The van der Waals surface area contributed by atoms with Crippen LogP contribution in [0.4, 0.5) is 0 Å². The van der Waals surface area contributed by atoms with E-state index in [-0.39, 0.29) is 22.1 Å². The van der Waals surface area contributed by atoms with Crippen LogP contribution < -0.4 is 14.2 Å². The summed E-state index contributed by atoms with van der Waals surface area (Å²) in [6.45, 7) is 10.0. The van der Waals surface area contributed by atoms with E-state index in [1.807, 2.05) is 39.0 Å². The minimum Gasteiger partial charge on any atom is -0.493 e. The smallest absolute Gasteiger partial charge is 0.204 e. The Morgan fingerprint density at radius 3 is 2.39 bits per heavy atom. The summed E-state index contributed by atoms with van der Waals surface area (Å²) >= 11 is 0. The first-order valence-electron chi connectivity index (χ1n) is 11.2. The minimum atomic E-state index is -3.89. The van der Waals surface area contributed by atoms with Crippen LogP contribution in [0.1, 0.15) is 58.1 Å². The number of fused-ring (bicyclic) bond motifs is 1. The highest BCUT2D eigenvalue weighted by Crippen LogP contribution is 2.52. The summed E-state index contributed by atoms with van der Waals surface area (Å²) in [4.78, 5) is -0.000827. The van der Waals surface area contributed by atoms with Gasteiger partial charge in [0.25, 0.3) is 0 Å². The van der Waals surface area contributed by atoms with Gasteiger partial charge in [-0.1, -0.05) is 57.6 Å². The van der Waals surface area contributed by atoms with Crippen molar-refractivity contribution in [2.75, 3.05) is 27.1 Å². The third kappa shape index (κ3) is 5.13. The van der Waals surface area contributed by atoms with E-state index in [0.29, 0.717) is 29.7 Å². The van der Waals surface area contributed by atoms with E-state index in [9.17, 15) is 13.6 Å². The second-order valence-corrected chi connectivity index (χ2v) is 10.1. The van der Waals surface area contributed by atoms with Crippen molar-refractivity contribution in [1.82, 2.24) is 5.06 Å². The van der Waals surface area contributed by atoms with E-state index in [1.165, 1.54) is 26.4 Å². The number of benzene rings is 1. The minimum absolute atomic E-state index is 0.000827. The number of hydrogen-bond acceptors (Lipinski definition) is 7. The number of unbranched alkanes of at least 4 members (excludes halogenated alkanes) is 1. The molecule has 0 unspecified atom stereocenters. The molecule has 1 aromatic carbocycles. The molecule has 0 saturated heterocycles. The van der Waals surface area contributed by atoms with E-state index < -0.39 is 21.4 Å². The van der Waals surface area contributed by atoms with Crippen molar-refractivity contribution in [3.63, 3.8) is 0 Å². The molecule has 2 rings (SSSR count). The Morgan fingerprint density at radius 1 is 1.21 bits per heavy atom. The quantitative estimate of drug-likeness (QED) is 0.458. The van der Waals surface area contributed by atoms with Gasteiger partial charge in [0, 0.05) is 5.56 Å². The number of rotatable bonds is 10. The van der Waals surface area contributed by atoms with E-state index in [0.717, 1.165) is 12.8 Å². The van der Waals surface area contributed by atoms with Gasteiger partial charge in [-0.25, -0.2) is 8.42 Å². The summed E-state index contributed by atoms with van der Waals surface area (Å²) in [5.41, 5.74) is -0.118. The van der Waals surface area contributed by atoms with Gasteiger partial charge in [0.15, 0.2) is 21.3 Å². The van der Waals surface area contributed by atoms with Crippen molar-refractivity contribution in [3.8, 4) is 17.2 Å². The molecule has 2 atom stereocenters. The average molecular weight is 480 g/mol. The predicted octanol–water partition coefficient (Wildman–Crippen LogP) is 5.26. The maximum atomic E-state index is 13.9. The van der Waals surface area contributed by atoms with Crippen LogP contribution in [0.3, 0.4) is 0 Å². The van der Waals surface area contributed by atoms with Crippen LogP contribution in [0.15, 0.2) is 47.4 Å². The molecule has 0 fully saturated rings. The normalized spacial score (nSPS) is 22.8. The maximum Gasteiger partial charge on any atom is 0.204 e. The van der Waals surface area contributed by atoms with Crippen molar-refractivity contribution in [1.29, 1.82) is 0 Å². The molecule has 1 aliphatic rings. The Labute approximate surface area is 198 Å². The molecule has 1 heterocycles. The number of allylic oxidation sites excluding steroid dienone is 3. The number of nitrogens with zero attached hydrogens (tertiary/aromatic N) is 1. The van der Waals surface area contributed by atoms with Crippen molar-refractivity contribution in [2.45, 2.75) is 62.9 Å². The largest absolute Gasteiger partial charge is 0.493 e. The van der Waals surface area contributed by atoms with Gasteiger partial charge in [-0.05, 0) is 31.4 Å². The van der Waals surface area contributed by atoms with E-state index in [1.54, 1.807) is 12.1 Å². The molecule has 0 aromatic heterocycles. The van der Waals surface area contributed by atoms with Crippen LogP contribution in [-0.2, 0) is 9.84 Å². The zero-order valence-electron chi connectivity index (χ0n) is 20.6. The third-order valence-corrected chi connectivity index (χ3v) is 8.19. The standard InChI is InChI=1S/C25H37NO6S/c1-8-11-13-14-18(4)21-19-16-20(30-5)22(31-6)23(32-7)24(19)33(28,29)17-25(10-3,26(21)27)15-12-9-2/h8,11,13-14,16,21,27H,4,9-10,12,15,17H2,1-3,5-7H3/b11-8-,14-13-/t21-,25-/m1/s1. The molecule has 7 nitrogen and oxygen atoms in total. The molecule has 0 spiro atoms. The molecule has 184 valence electrons. The van der Waals surface area contributed by atoms with Crippen molar-refractivity contribution in [3.05, 3.63) is 48.1 Å². The number of hydrogen-bond donors (Lipinski definition) is 1. The Balaban J connectivity index is 2.97. The van der Waals surface area contributed by atoms with Gasteiger partial charge in [-0.3, -0.25) is 0 Å². The first-order valence-corrected chi connectivity index (χ1v) is 12.8. The fourth-order valence-electron chi connectivity index (χ4n) is 4.44. The zero-order valence-corrected chi connectivity index (χ0v) is 21.4. The van der Waals surface area contributed by atoms with Gasteiger partial charge in [-0.2, -0.15) is 5.06 Å². The summed E-state index contributed by atoms with van der Waals surface area (Å²) in [5, 5.41) is 12.9. The van der Waals surface area contributed by atoms with Crippen molar-refractivity contribution in [2.24, 2.45) is 0 Å². The fraction of sp³-hybridized carbons (Fsp3) is 0.520. The van der Waals surface area contributed by atoms with Crippen LogP contribution in [0.2, 0.25) is 0 Å². The number of hydroxylamine groups is 2. The van der Waals surface area contributed by atoms with Crippen LogP contribution in [0.25, 0.3) is 0 Å². The Kier molecular flexibility index (Phi) is 9.17. The summed E-state index contributed by atoms with van der Waals surface area (Å²) < 4.78 is 44.3. The van der Waals surface area contributed by atoms with Gasteiger partial charge < -0.3 is 19.4 Å². The number of sulfone groups is 1. The van der Waals surface area contributed by atoms with Crippen LogP contribution in [-0.4, -0.2) is 51.3 Å². The lowest BCUT2D eigenvalue weighted by Crippen LogP contribution is -2.51. The lowest BCUT2D eigenvalue weighted by Gasteiger charge is -2.42. The van der Waals surface area contributed by atoms with E-state index in [2.05, 4.69) is 6.58 Å². The molecular formula is C25H37NO6S. The SMILES string of the molecule is C=C(/C=C\C=C/C)[C@@H]1c2cc(OC)c(OC)c(OC)c2S(=O)(=O)C[C@@](CC)(CCCC)N1O. The van der Waals surface area contributed by atoms with Gasteiger partial charge >= 0.3 is 0 Å². The van der Waals surface area contributed by atoms with E-state index >= 15 is 0 Å². The van der Waals surface area contributed by atoms with Crippen molar-refractivity contribution >= 4 is 9.84 Å². The summed E-state index contributed by atoms with van der Waals surface area (Å²) in [6.07, 6.45) is 9.92. The monoisotopic (exact) mass is 479 g/mol. The highest BCUT2D eigenvalue weighted by Gasteiger charge is 2.49. The second kappa shape index (κ2) is 11.2. The van der Waals surface area contributed by atoms with Crippen LogP contribution in [0.5, 0.6) is 17.2 Å². The Bertz CT molecular complexity index is 1010. The topological polar surface area (TPSA) is 85.3 Å². The maximum absolute atomic E-state index is 13.9. The predicted molar refractivity (Wildman–Crippen MR) is 130 cm³/mol. The molecule has 0 saturated carbocycles. The molecule has 8 heteroatoms. The summed E-state index contributed by atoms with van der Waals surface area (Å²) in [6, 6.07) is 0.770. The number of methoxy groups -OCH3 is 3. The number of ether oxygens (including phenoxy) is 3. The van der Waals surface area contributed by atoms with Gasteiger partial charge in [-0.15, -0.1) is 0 Å². The third-order valence-electron chi connectivity index (χ3n) is 6.23. The highest BCUT2D eigenvalue weighted by molar-refractivity contribution is 7.91. The Morgan fingerprint density at radius 2 is 1.88 bits per heavy atom. The first kappa shape index (κ1) is 27.0. The molecule has 1 N–H and O–H groups in total. The summed E-state index contributed by atoms with van der Waals surface area (Å²) in [5.74, 6) is 0.314. The molecule has 1 aromatic rings. The van der Waals surface area contributed by atoms with Crippen LogP contribution in [0, 0.1) is 0 Å². The Hall–Kier alpha value is -2.29. The molecule has 33 heavy (non-hydrogen) atoms. The second-order valence-electron chi connectivity index (χ2n) is 8.21. The van der Waals surface area contributed by atoms with E-state index in [4.69, 9.17) is 14.2 Å². The molecule has 1 aliphatic heterocycles. The van der Waals surface area contributed by atoms with Gasteiger partial charge in [0.05, 0.1) is 38.7 Å². The molecule has 0 amide bonds. The highest BCUT2D eigenvalue weighted by atomic mass is 32.2. The molecule has 0 radical (unpaired) electrons. The lowest BCUT2D eigenvalue weighted by molar-refractivity contribution is -0.193. The zero-order chi connectivity index (χ0) is 24.8. The summed E-state index contributed by atoms with van der Waals surface area (Å²) in [7, 11) is 0.407. The van der Waals surface area contributed by atoms with Crippen LogP contribution >= 0.6 is 0 Å². The molecular weight excluding hydrogens is 442 g/mol. The molecule has 0 aliphatic carbocycles. The molecule has 0 bridgehead atoms. The van der Waals surface area contributed by atoms with Gasteiger partial charge in [0.2, 0.25) is 5.75 Å². The lowest BCUT2D eigenvalue weighted by atomic mass is 9.87. The first-order chi connectivity index (χ1) is 15.7. The fourth-order valence-corrected chi connectivity index (χ4v) is 6.76. The van der Waals surface area contributed by atoms with Gasteiger partial charge in [0.1, 0.15) is 4.90 Å².